The molecule has 0 aliphatic heterocycles. The highest BCUT2D eigenvalue weighted by molar-refractivity contribution is 6.42. The van der Waals surface area contributed by atoms with Gasteiger partial charge >= 0.3 is 6.09 Å². The van der Waals surface area contributed by atoms with Crippen molar-refractivity contribution in [2.75, 3.05) is 13.6 Å². The number of nitrogens with zero attached hydrogens (tertiary/aromatic N) is 3. The summed E-state index contributed by atoms with van der Waals surface area (Å²) < 4.78 is 7.12. The van der Waals surface area contributed by atoms with E-state index in [4.69, 9.17) is 32.9 Å². The lowest BCUT2D eigenvalue weighted by molar-refractivity contribution is 0.0296. The van der Waals surface area contributed by atoms with Crippen LogP contribution in [0.25, 0.3) is 10.9 Å². The molecule has 0 fully saturated rings. The van der Waals surface area contributed by atoms with Crippen LogP contribution in [0.5, 0.6) is 0 Å². The number of fused-ring (bicyclic) bond motifs is 1. The second-order valence-corrected chi connectivity index (χ2v) is 10.9. The third-order valence-electron chi connectivity index (χ3n) is 4.56. The quantitative estimate of drug-likeness (QED) is 0.490. The molecule has 8 heteroatoms. The summed E-state index contributed by atoms with van der Waals surface area (Å²) in [4.78, 5) is 31.6. The maximum atomic E-state index is 13.2. The predicted molar refractivity (Wildman–Crippen MR) is 127 cm³/mol. The zero-order chi connectivity index (χ0) is 23.6. The summed E-state index contributed by atoms with van der Waals surface area (Å²) in [6.07, 6.45) is 1.81. The monoisotopic (exact) mass is 469 g/mol. The number of hydrogen-bond acceptors (Lipinski definition) is 4. The number of ether oxygens (including phenoxy) is 1. The summed E-state index contributed by atoms with van der Waals surface area (Å²) in [7, 11) is 1.73. The minimum absolute atomic E-state index is 0.0961. The van der Waals surface area contributed by atoms with E-state index in [1.807, 2.05) is 20.8 Å². The Morgan fingerprint density at radius 2 is 1.71 bits per heavy atom. The molecule has 0 N–H and O–H groups in total. The van der Waals surface area contributed by atoms with E-state index < -0.39 is 5.60 Å². The highest BCUT2D eigenvalue weighted by Gasteiger charge is 2.20. The van der Waals surface area contributed by atoms with Crippen LogP contribution in [-0.4, -0.2) is 39.7 Å². The maximum Gasteiger partial charge on any atom is 0.410 e. The Kier molecular flexibility index (Phi) is 8.04. The van der Waals surface area contributed by atoms with E-state index in [1.54, 1.807) is 28.6 Å². The topological polar surface area (TPSA) is 64.4 Å². The number of aromatic nitrogens is 2. The van der Waals surface area contributed by atoms with Crippen molar-refractivity contribution in [1.29, 1.82) is 0 Å². The first-order valence-corrected chi connectivity index (χ1v) is 11.3. The number of unbranched alkanes of at least 4 members (excludes halogenated alkanes) is 1. The van der Waals surface area contributed by atoms with Gasteiger partial charge in [-0.05, 0) is 51.2 Å². The first-order valence-electron chi connectivity index (χ1n) is 10.5. The second kappa shape index (κ2) is 9.78. The van der Waals surface area contributed by atoms with Crippen molar-refractivity contribution in [3.63, 3.8) is 0 Å². The number of amides is 1. The molecular weight excluding hydrogens is 437 g/mol. The molecule has 31 heavy (non-hydrogen) atoms. The number of halogens is 2. The zero-order valence-electron chi connectivity index (χ0n) is 19.5. The van der Waals surface area contributed by atoms with E-state index >= 15 is 0 Å². The van der Waals surface area contributed by atoms with Crippen LogP contribution >= 0.6 is 23.2 Å². The van der Waals surface area contributed by atoms with Crippen LogP contribution in [0.1, 0.15) is 60.2 Å². The van der Waals surface area contributed by atoms with E-state index in [-0.39, 0.29) is 17.1 Å². The van der Waals surface area contributed by atoms with E-state index in [2.05, 4.69) is 20.8 Å². The highest BCUT2D eigenvalue weighted by atomic mass is 35.5. The normalized spacial score (nSPS) is 12.3. The van der Waals surface area contributed by atoms with E-state index in [1.165, 1.54) is 0 Å². The number of carbonyl (C=O) groups excluding carboxylic acids is 1. The molecule has 1 aromatic carbocycles. The Balaban J connectivity index is 2.20. The van der Waals surface area contributed by atoms with Gasteiger partial charge in [0.2, 0.25) is 0 Å². The Morgan fingerprint density at radius 3 is 2.29 bits per heavy atom. The average Bonchev–Trinajstić information content (AvgIpc) is 2.61. The molecule has 0 aliphatic rings. The van der Waals surface area contributed by atoms with Gasteiger partial charge in [-0.25, -0.2) is 9.78 Å². The molecule has 2 rings (SSSR count). The van der Waals surface area contributed by atoms with Gasteiger partial charge in [-0.3, -0.25) is 9.36 Å². The molecule has 0 radical (unpaired) electrons. The minimum atomic E-state index is -0.520. The van der Waals surface area contributed by atoms with Gasteiger partial charge < -0.3 is 9.64 Å². The van der Waals surface area contributed by atoms with Crippen LogP contribution in [-0.2, 0) is 17.7 Å². The third-order valence-corrected chi connectivity index (χ3v) is 5.28. The molecule has 2 aromatic rings. The number of rotatable bonds is 6. The summed E-state index contributed by atoms with van der Waals surface area (Å²) in [5, 5.41) is 1.18. The van der Waals surface area contributed by atoms with Crippen molar-refractivity contribution in [3.05, 3.63) is 38.4 Å². The Labute approximate surface area is 194 Å². The standard InChI is InChI=1S/C23H33Cl2N3O3/c1-22(2,3)14-28-19(10-8-9-11-27(7)21(30)31-23(4,5)6)26-18-13-17(25)16(24)12-15(18)20(28)29/h12-13H,8-11,14H2,1-7H3. The van der Waals surface area contributed by atoms with Crippen LogP contribution in [0.4, 0.5) is 4.79 Å². The Bertz CT molecular complexity index is 1000. The van der Waals surface area contributed by atoms with Crippen molar-refractivity contribution in [2.45, 2.75) is 73.0 Å². The summed E-state index contributed by atoms with van der Waals surface area (Å²) in [5.41, 5.74) is -0.181. The molecule has 172 valence electrons. The van der Waals surface area contributed by atoms with Crippen LogP contribution in [0.3, 0.4) is 0 Å². The molecule has 0 aliphatic carbocycles. The largest absolute Gasteiger partial charge is 0.444 e. The van der Waals surface area contributed by atoms with Crippen LogP contribution < -0.4 is 5.56 Å². The Morgan fingerprint density at radius 1 is 1.10 bits per heavy atom. The number of aryl methyl sites for hydroxylation is 1. The average molecular weight is 470 g/mol. The van der Waals surface area contributed by atoms with Gasteiger partial charge in [0.15, 0.2) is 0 Å². The third kappa shape index (κ3) is 7.39. The molecule has 0 saturated heterocycles. The van der Waals surface area contributed by atoms with E-state index in [9.17, 15) is 9.59 Å². The molecule has 1 aromatic heterocycles. The molecule has 1 amide bonds. The van der Waals surface area contributed by atoms with Crippen molar-refractivity contribution < 1.29 is 9.53 Å². The minimum Gasteiger partial charge on any atom is -0.444 e. The lowest BCUT2D eigenvalue weighted by Gasteiger charge is -2.25. The van der Waals surface area contributed by atoms with Gasteiger partial charge in [-0.15, -0.1) is 0 Å². The van der Waals surface area contributed by atoms with E-state index in [0.717, 1.165) is 12.8 Å². The van der Waals surface area contributed by atoms with Crippen LogP contribution in [0.15, 0.2) is 16.9 Å². The first-order chi connectivity index (χ1) is 14.2. The summed E-state index contributed by atoms with van der Waals surface area (Å²) >= 11 is 12.3. The highest BCUT2D eigenvalue weighted by Crippen LogP contribution is 2.26. The molecule has 0 unspecified atom stereocenters. The fourth-order valence-corrected chi connectivity index (χ4v) is 3.48. The van der Waals surface area contributed by atoms with Crippen molar-refractivity contribution in [2.24, 2.45) is 5.41 Å². The van der Waals surface area contributed by atoms with Gasteiger partial charge in [-0.2, -0.15) is 0 Å². The fourth-order valence-electron chi connectivity index (χ4n) is 3.15. The van der Waals surface area contributed by atoms with Gasteiger partial charge in [0.1, 0.15) is 11.4 Å². The molecule has 1 heterocycles. The maximum absolute atomic E-state index is 13.2. The number of benzene rings is 1. The number of hydrogen-bond donors (Lipinski definition) is 0. The van der Waals surface area contributed by atoms with Gasteiger partial charge in [0.05, 0.1) is 20.9 Å². The summed E-state index contributed by atoms with van der Waals surface area (Å²) in [6.45, 7) is 12.9. The van der Waals surface area contributed by atoms with Gasteiger partial charge in [0.25, 0.3) is 5.56 Å². The van der Waals surface area contributed by atoms with Crippen LogP contribution in [0.2, 0.25) is 10.0 Å². The number of carbonyl (C=O) groups is 1. The molecule has 0 atom stereocenters. The fraction of sp³-hybridized carbons (Fsp3) is 0.609. The van der Waals surface area contributed by atoms with Gasteiger partial charge in [-0.1, -0.05) is 44.0 Å². The molecule has 0 spiro atoms. The lowest BCUT2D eigenvalue weighted by Crippen LogP contribution is -2.34. The zero-order valence-corrected chi connectivity index (χ0v) is 21.0. The lowest BCUT2D eigenvalue weighted by atomic mass is 9.96. The summed E-state index contributed by atoms with van der Waals surface area (Å²) in [6, 6.07) is 3.23. The molecule has 0 bridgehead atoms. The Hall–Kier alpha value is -1.79. The van der Waals surface area contributed by atoms with E-state index in [0.29, 0.717) is 46.3 Å². The van der Waals surface area contributed by atoms with Crippen molar-refractivity contribution >= 4 is 40.2 Å². The van der Waals surface area contributed by atoms with Crippen LogP contribution in [0, 0.1) is 5.41 Å². The smallest absolute Gasteiger partial charge is 0.410 e. The second-order valence-electron chi connectivity index (χ2n) is 10.1. The van der Waals surface area contributed by atoms with Crippen molar-refractivity contribution in [1.82, 2.24) is 14.5 Å². The molecule has 0 saturated carbocycles. The SMILES string of the molecule is CN(CCCCc1nc2cc(Cl)c(Cl)cc2c(=O)n1CC(C)(C)C)C(=O)OC(C)(C)C. The first kappa shape index (κ1) is 25.5. The predicted octanol–water partition coefficient (Wildman–Crippen LogP) is 5.94. The molecular formula is C23H33Cl2N3O3. The molecule has 6 nitrogen and oxygen atoms in total. The summed E-state index contributed by atoms with van der Waals surface area (Å²) in [5.74, 6) is 0.714. The van der Waals surface area contributed by atoms with Gasteiger partial charge in [0, 0.05) is 26.6 Å². The van der Waals surface area contributed by atoms with Crippen molar-refractivity contribution in [3.8, 4) is 0 Å².